The zero-order valence-electron chi connectivity index (χ0n) is 13.6. The highest BCUT2D eigenvalue weighted by Crippen LogP contribution is 2.01. The number of aliphatic carboxylic acids is 2. The van der Waals surface area contributed by atoms with E-state index < -0.39 is 42.4 Å². The fourth-order valence-corrected chi connectivity index (χ4v) is 1.75. The largest absolute Gasteiger partial charge is 0.481 e. The molecule has 0 fully saturated rings. The van der Waals surface area contributed by atoms with Gasteiger partial charge in [0.25, 0.3) is 0 Å². The Morgan fingerprint density at radius 2 is 1.64 bits per heavy atom. The molecule has 2 amide bonds. The van der Waals surface area contributed by atoms with E-state index in [4.69, 9.17) is 27.4 Å². The lowest BCUT2D eigenvalue weighted by molar-refractivity contribution is -0.140. The minimum absolute atomic E-state index is 0.0816. The summed E-state index contributed by atoms with van der Waals surface area (Å²) in [5, 5.41) is 21.7. The lowest BCUT2D eigenvalue weighted by Gasteiger charge is -2.19. The number of aliphatic imine (C=N–C) groups is 1. The number of nitrogens with two attached hydrogens (primary N) is 3. The van der Waals surface area contributed by atoms with Crippen molar-refractivity contribution in [2.75, 3.05) is 13.1 Å². The number of amides is 2. The number of nitrogens with one attached hydrogen (secondary N) is 2. The van der Waals surface area contributed by atoms with E-state index in [2.05, 4.69) is 15.6 Å². The zero-order valence-corrected chi connectivity index (χ0v) is 13.6. The maximum atomic E-state index is 12.0. The number of guanidine groups is 1. The highest BCUT2D eigenvalue weighted by Gasteiger charge is 2.24. The number of carbonyl (C=O) groups excluding carboxylic acids is 2. The molecule has 0 aliphatic rings. The van der Waals surface area contributed by atoms with Crippen LogP contribution in [0.3, 0.4) is 0 Å². The summed E-state index contributed by atoms with van der Waals surface area (Å²) in [6, 6.07) is -2.15. The van der Waals surface area contributed by atoms with Gasteiger partial charge in [0.05, 0.1) is 6.04 Å². The van der Waals surface area contributed by atoms with Gasteiger partial charge < -0.3 is 38.0 Å². The Morgan fingerprint density at radius 3 is 2.16 bits per heavy atom. The highest BCUT2D eigenvalue weighted by molar-refractivity contribution is 5.91. The van der Waals surface area contributed by atoms with Crippen molar-refractivity contribution in [3.63, 3.8) is 0 Å². The van der Waals surface area contributed by atoms with Crippen molar-refractivity contribution >= 4 is 29.7 Å². The molecule has 2 atom stereocenters. The molecular weight excluding hydrogens is 336 g/mol. The van der Waals surface area contributed by atoms with Gasteiger partial charge in [-0.2, -0.15) is 0 Å². The molecule has 0 spiro atoms. The Kier molecular flexibility index (Phi) is 10.3. The van der Waals surface area contributed by atoms with Crippen LogP contribution in [-0.4, -0.2) is 65.1 Å². The van der Waals surface area contributed by atoms with Crippen LogP contribution in [0, 0.1) is 0 Å². The molecule has 0 radical (unpaired) electrons. The molecule has 0 aromatic heterocycles. The number of hydrogen-bond acceptors (Lipinski definition) is 6. The van der Waals surface area contributed by atoms with E-state index >= 15 is 0 Å². The van der Waals surface area contributed by atoms with Crippen LogP contribution < -0.4 is 27.8 Å². The van der Waals surface area contributed by atoms with E-state index in [-0.39, 0.29) is 31.8 Å². The minimum atomic E-state index is -1.27. The molecule has 25 heavy (non-hydrogen) atoms. The molecule has 10 N–H and O–H groups in total. The molecule has 0 saturated heterocycles. The van der Waals surface area contributed by atoms with E-state index in [0.29, 0.717) is 6.42 Å². The first-order valence-corrected chi connectivity index (χ1v) is 7.46. The topological polar surface area (TPSA) is 223 Å². The molecule has 12 heteroatoms. The Bertz CT molecular complexity index is 519. The van der Waals surface area contributed by atoms with Crippen molar-refractivity contribution in [2.45, 2.75) is 37.8 Å². The fraction of sp³-hybridized carbons (Fsp3) is 0.615. The van der Waals surface area contributed by atoms with Gasteiger partial charge in [-0.15, -0.1) is 0 Å². The first-order chi connectivity index (χ1) is 11.6. The average Bonchev–Trinajstić information content (AvgIpc) is 2.52. The van der Waals surface area contributed by atoms with E-state index in [0.717, 1.165) is 0 Å². The van der Waals surface area contributed by atoms with E-state index in [1.54, 1.807) is 0 Å². The molecule has 0 bridgehead atoms. The number of carbonyl (C=O) groups is 4. The van der Waals surface area contributed by atoms with Gasteiger partial charge in [-0.1, -0.05) is 0 Å². The van der Waals surface area contributed by atoms with Crippen LogP contribution in [0.1, 0.15) is 25.7 Å². The Balaban J connectivity index is 4.60. The smallest absolute Gasteiger partial charge is 0.322 e. The number of carboxylic acid groups (broad SMARTS) is 2. The Morgan fingerprint density at radius 1 is 1.00 bits per heavy atom. The van der Waals surface area contributed by atoms with Gasteiger partial charge >= 0.3 is 11.9 Å². The Labute approximate surface area is 143 Å². The van der Waals surface area contributed by atoms with Gasteiger partial charge in [0, 0.05) is 13.0 Å². The zero-order chi connectivity index (χ0) is 19.4. The van der Waals surface area contributed by atoms with Crippen molar-refractivity contribution in [3.8, 4) is 0 Å². The van der Waals surface area contributed by atoms with Crippen molar-refractivity contribution in [3.05, 3.63) is 0 Å². The third kappa shape index (κ3) is 11.3. The molecule has 0 aliphatic carbocycles. The molecule has 0 rings (SSSR count). The van der Waals surface area contributed by atoms with Crippen LogP contribution in [0.5, 0.6) is 0 Å². The fourth-order valence-electron chi connectivity index (χ4n) is 1.75. The maximum Gasteiger partial charge on any atom is 0.322 e. The third-order valence-corrected chi connectivity index (χ3v) is 3.00. The summed E-state index contributed by atoms with van der Waals surface area (Å²) in [7, 11) is 0. The molecule has 0 heterocycles. The SMILES string of the molecule is NC(N)=NCCC[C@@H](N)C(=O)N[C@H](CCC(=O)O)C(=O)NCC(=O)O. The van der Waals surface area contributed by atoms with Crippen LogP contribution in [0.25, 0.3) is 0 Å². The predicted octanol–water partition coefficient (Wildman–Crippen LogP) is -3.08. The molecule has 12 nitrogen and oxygen atoms in total. The van der Waals surface area contributed by atoms with Gasteiger partial charge in [0.1, 0.15) is 12.6 Å². The van der Waals surface area contributed by atoms with Crippen LogP contribution in [-0.2, 0) is 19.2 Å². The van der Waals surface area contributed by atoms with Gasteiger partial charge in [-0.3, -0.25) is 24.2 Å². The van der Waals surface area contributed by atoms with Crippen LogP contribution in [0.2, 0.25) is 0 Å². The number of rotatable bonds is 12. The molecule has 0 unspecified atom stereocenters. The number of carboxylic acids is 2. The predicted molar refractivity (Wildman–Crippen MR) is 87.3 cm³/mol. The van der Waals surface area contributed by atoms with Crippen molar-refractivity contribution < 1.29 is 29.4 Å². The summed E-state index contributed by atoms with van der Waals surface area (Å²) < 4.78 is 0. The summed E-state index contributed by atoms with van der Waals surface area (Å²) in [6.45, 7) is -0.367. The molecule has 142 valence electrons. The van der Waals surface area contributed by atoms with Gasteiger partial charge in [0.2, 0.25) is 11.8 Å². The third-order valence-electron chi connectivity index (χ3n) is 3.00. The van der Waals surface area contributed by atoms with E-state index in [1.165, 1.54) is 0 Å². The Hall–Kier alpha value is -2.89. The summed E-state index contributed by atoms with van der Waals surface area (Å²) >= 11 is 0. The van der Waals surface area contributed by atoms with Gasteiger partial charge in [0.15, 0.2) is 5.96 Å². The van der Waals surface area contributed by atoms with Gasteiger partial charge in [-0.05, 0) is 19.3 Å². The maximum absolute atomic E-state index is 12.0. The lowest BCUT2D eigenvalue weighted by atomic mass is 10.1. The number of hydrogen-bond donors (Lipinski definition) is 7. The van der Waals surface area contributed by atoms with Crippen LogP contribution >= 0.6 is 0 Å². The average molecular weight is 360 g/mol. The summed E-state index contributed by atoms with van der Waals surface area (Å²) in [5.74, 6) is -3.97. The summed E-state index contributed by atoms with van der Waals surface area (Å²) in [5.41, 5.74) is 16.0. The minimum Gasteiger partial charge on any atom is -0.481 e. The quantitative estimate of drug-likeness (QED) is 0.106. The first-order valence-electron chi connectivity index (χ1n) is 7.46. The molecule has 0 aromatic rings. The van der Waals surface area contributed by atoms with E-state index in [9.17, 15) is 19.2 Å². The highest BCUT2D eigenvalue weighted by atomic mass is 16.4. The summed E-state index contributed by atoms with van der Waals surface area (Å²) in [4.78, 5) is 48.7. The van der Waals surface area contributed by atoms with Crippen LogP contribution in [0.4, 0.5) is 0 Å². The summed E-state index contributed by atoms with van der Waals surface area (Å²) in [6.07, 6.45) is 0.0842. The molecule has 0 aliphatic heterocycles. The first kappa shape index (κ1) is 22.1. The van der Waals surface area contributed by atoms with E-state index in [1.807, 2.05) is 0 Å². The monoisotopic (exact) mass is 360 g/mol. The molecular formula is C13H24N6O6. The number of nitrogens with zero attached hydrogens (tertiary/aromatic N) is 1. The normalized spacial score (nSPS) is 12.5. The molecule has 0 saturated carbocycles. The second-order valence-electron chi connectivity index (χ2n) is 5.16. The second kappa shape index (κ2) is 11.6. The molecule has 0 aromatic carbocycles. The second-order valence-corrected chi connectivity index (χ2v) is 5.16. The van der Waals surface area contributed by atoms with Crippen molar-refractivity contribution in [2.24, 2.45) is 22.2 Å². The van der Waals surface area contributed by atoms with Gasteiger partial charge in [-0.25, -0.2) is 0 Å². The lowest BCUT2D eigenvalue weighted by Crippen LogP contribution is -2.52. The van der Waals surface area contributed by atoms with Crippen molar-refractivity contribution in [1.82, 2.24) is 10.6 Å². The van der Waals surface area contributed by atoms with Crippen molar-refractivity contribution in [1.29, 1.82) is 0 Å². The van der Waals surface area contributed by atoms with Crippen LogP contribution in [0.15, 0.2) is 4.99 Å². The standard InChI is InChI=1S/C13H24N6O6/c14-7(2-1-5-17-13(15)16)11(24)19-8(3-4-9(20)21)12(25)18-6-10(22)23/h7-8H,1-6,14H2,(H,18,25)(H,19,24)(H,20,21)(H,22,23)(H4,15,16,17)/t7-,8-/m1/s1.